The molecule has 5 aromatic rings. The zero-order valence-corrected chi connectivity index (χ0v) is 25.3. The molecule has 0 N–H and O–H groups in total. The average molecular weight is 607 g/mol. The van der Waals surface area contributed by atoms with E-state index in [1.807, 2.05) is 24.4 Å². The van der Waals surface area contributed by atoms with Crippen LogP contribution >= 0.6 is 0 Å². The fraction of sp³-hybridized carbons (Fsp3) is 0.294. The van der Waals surface area contributed by atoms with Crippen LogP contribution in [0.25, 0.3) is 28.0 Å². The first-order valence-corrected chi connectivity index (χ1v) is 15.0. The summed E-state index contributed by atoms with van der Waals surface area (Å²) in [7, 11) is 3.26. The first kappa shape index (κ1) is 28.8. The fourth-order valence-electron chi connectivity index (χ4n) is 6.00. The number of nitrogens with zero attached hydrogens (tertiary/aromatic N) is 6. The number of methoxy groups -OCH3 is 1. The van der Waals surface area contributed by atoms with Crippen LogP contribution in [0.5, 0.6) is 11.5 Å². The van der Waals surface area contributed by atoms with Crippen LogP contribution in [0.3, 0.4) is 0 Å². The molecule has 2 aliphatic heterocycles. The molecule has 0 atom stereocenters. The summed E-state index contributed by atoms with van der Waals surface area (Å²) in [5, 5.41) is 0.466. The van der Waals surface area contributed by atoms with Crippen LogP contribution in [-0.4, -0.2) is 81.4 Å². The van der Waals surface area contributed by atoms with Gasteiger partial charge >= 0.3 is 0 Å². The molecule has 2 aliphatic rings. The first-order chi connectivity index (χ1) is 22.0. The van der Waals surface area contributed by atoms with Gasteiger partial charge in [-0.15, -0.1) is 0 Å². The van der Waals surface area contributed by atoms with E-state index in [-0.39, 0.29) is 18.1 Å². The van der Waals surface area contributed by atoms with E-state index >= 15 is 0 Å². The summed E-state index contributed by atoms with van der Waals surface area (Å²) in [4.78, 5) is 40.0. The molecule has 0 spiro atoms. The molecule has 1 saturated heterocycles. The minimum atomic E-state index is -0.179. The lowest BCUT2D eigenvalue weighted by Gasteiger charge is -2.27. The van der Waals surface area contributed by atoms with Gasteiger partial charge in [0.2, 0.25) is 0 Å². The van der Waals surface area contributed by atoms with Gasteiger partial charge in [0, 0.05) is 62.4 Å². The molecule has 2 aromatic heterocycles. The minimum absolute atomic E-state index is 0.158. The van der Waals surface area contributed by atoms with Crippen LogP contribution in [-0.2, 0) is 24.9 Å². The lowest BCUT2D eigenvalue weighted by Crippen LogP contribution is -2.36. The number of carbonyl (C=O) groups excluding carboxylic acids is 1. The van der Waals surface area contributed by atoms with Crippen LogP contribution in [0.4, 0.5) is 0 Å². The van der Waals surface area contributed by atoms with Gasteiger partial charge in [-0.05, 0) is 59.7 Å². The third kappa shape index (κ3) is 5.79. The van der Waals surface area contributed by atoms with Crippen molar-refractivity contribution in [2.45, 2.75) is 13.1 Å². The van der Waals surface area contributed by atoms with Gasteiger partial charge in [-0.2, -0.15) is 0 Å². The largest absolute Gasteiger partial charge is 0.493 e. The van der Waals surface area contributed by atoms with Crippen molar-refractivity contribution in [1.82, 2.24) is 28.9 Å². The number of imidazole rings is 1. The summed E-state index contributed by atoms with van der Waals surface area (Å²) in [6.07, 6.45) is 5.21. The molecule has 1 amide bonds. The van der Waals surface area contributed by atoms with Crippen LogP contribution in [0.1, 0.15) is 21.5 Å². The highest BCUT2D eigenvalue weighted by Crippen LogP contribution is 2.34. The van der Waals surface area contributed by atoms with Gasteiger partial charge in [0.15, 0.2) is 11.5 Å². The SMILES string of the molecule is COc1ccc2cc1OCCN(C(=O)c1ccc3c(=O)n(C)cnc3c1)Cc1cc(CN3CCOCC3)cc(c1)-n1ccnc1-2. The second-order valence-electron chi connectivity index (χ2n) is 11.4. The van der Waals surface area contributed by atoms with E-state index in [0.29, 0.717) is 54.3 Å². The maximum Gasteiger partial charge on any atom is 0.260 e. The highest BCUT2D eigenvalue weighted by molar-refractivity contribution is 5.97. The van der Waals surface area contributed by atoms with Crippen molar-refractivity contribution in [3.63, 3.8) is 0 Å². The zero-order chi connectivity index (χ0) is 30.9. The Kier molecular flexibility index (Phi) is 7.78. The summed E-state index contributed by atoms with van der Waals surface area (Å²) in [6, 6.07) is 17.3. The topological polar surface area (TPSA) is 104 Å². The molecule has 0 unspecified atom stereocenters. The molecule has 230 valence electrons. The minimum Gasteiger partial charge on any atom is -0.493 e. The summed E-state index contributed by atoms with van der Waals surface area (Å²) in [5.41, 5.74) is 4.75. The van der Waals surface area contributed by atoms with Crippen molar-refractivity contribution in [2.24, 2.45) is 7.05 Å². The Morgan fingerprint density at radius 1 is 0.978 bits per heavy atom. The molecule has 4 bridgehead atoms. The number of carbonyl (C=O) groups is 1. The van der Waals surface area contributed by atoms with E-state index in [1.165, 1.54) is 10.9 Å². The van der Waals surface area contributed by atoms with Crippen LogP contribution in [0.2, 0.25) is 0 Å². The normalized spacial score (nSPS) is 15.4. The summed E-state index contributed by atoms with van der Waals surface area (Å²) in [5.74, 6) is 1.77. The number of ether oxygens (including phenoxy) is 3. The van der Waals surface area contributed by atoms with Crippen molar-refractivity contribution in [1.29, 1.82) is 0 Å². The van der Waals surface area contributed by atoms with E-state index in [0.717, 1.165) is 47.8 Å². The second kappa shape index (κ2) is 12.2. The molecule has 45 heavy (non-hydrogen) atoms. The number of aromatic nitrogens is 4. The van der Waals surface area contributed by atoms with Crippen LogP contribution < -0.4 is 15.0 Å². The molecular weight excluding hydrogens is 572 g/mol. The third-order valence-corrected chi connectivity index (χ3v) is 8.33. The van der Waals surface area contributed by atoms with Gasteiger partial charge in [-0.1, -0.05) is 6.07 Å². The quantitative estimate of drug-likeness (QED) is 0.306. The molecule has 0 radical (unpaired) electrons. The highest BCUT2D eigenvalue weighted by atomic mass is 16.5. The smallest absolute Gasteiger partial charge is 0.260 e. The van der Waals surface area contributed by atoms with Gasteiger partial charge in [0.05, 0.1) is 44.1 Å². The highest BCUT2D eigenvalue weighted by Gasteiger charge is 2.21. The number of hydrogen-bond donors (Lipinski definition) is 0. The lowest BCUT2D eigenvalue weighted by atomic mass is 10.1. The Morgan fingerprint density at radius 3 is 2.69 bits per heavy atom. The molecule has 7 rings (SSSR count). The fourth-order valence-corrected chi connectivity index (χ4v) is 6.00. The Hall–Kier alpha value is -5.00. The number of fused-ring (bicyclic) bond motifs is 8. The van der Waals surface area contributed by atoms with E-state index < -0.39 is 0 Å². The van der Waals surface area contributed by atoms with Gasteiger partial charge in [-0.25, -0.2) is 9.97 Å². The molecule has 3 aromatic carbocycles. The average Bonchev–Trinajstić information content (AvgIpc) is 3.56. The van der Waals surface area contributed by atoms with E-state index in [2.05, 4.69) is 32.7 Å². The van der Waals surface area contributed by atoms with Gasteiger partial charge < -0.3 is 23.7 Å². The van der Waals surface area contributed by atoms with Crippen LogP contribution in [0, 0.1) is 0 Å². The standard InChI is InChI=1S/C34H34N6O5/c1-37-22-36-29-18-26(3-5-28(29)34(37)42)33(41)39-11-14-45-31-19-25(4-6-30(31)43-2)32-35-7-8-40(32)27-16-23(15-24(17-27)21-39)20-38-9-12-44-13-10-38/h3-8,15-19,22H,9-14,20-21H2,1-2H3. The maximum atomic E-state index is 14.1. The van der Waals surface area contributed by atoms with Crippen molar-refractivity contribution in [3.8, 4) is 28.6 Å². The second-order valence-corrected chi connectivity index (χ2v) is 11.4. The maximum absolute atomic E-state index is 14.1. The van der Waals surface area contributed by atoms with Gasteiger partial charge in [-0.3, -0.25) is 19.1 Å². The molecule has 0 saturated carbocycles. The van der Waals surface area contributed by atoms with E-state index in [1.54, 1.807) is 43.5 Å². The number of rotatable bonds is 4. The molecule has 0 aliphatic carbocycles. The van der Waals surface area contributed by atoms with Crippen molar-refractivity contribution >= 4 is 16.8 Å². The number of morpholine rings is 1. The molecule has 11 heteroatoms. The summed E-state index contributed by atoms with van der Waals surface area (Å²) >= 11 is 0. The number of benzene rings is 3. The summed E-state index contributed by atoms with van der Waals surface area (Å²) in [6.45, 7) is 4.85. The Bertz CT molecular complexity index is 1940. The number of amides is 1. The molecule has 1 fully saturated rings. The summed E-state index contributed by atoms with van der Waals surface area (Å²) < 4.78 is 20.9. The molecule has 11 nitrogen and oxygen atoms in total. The Balaban J connectivity index is 1.31. The van der Waals surface area contributed by atoms with Gasteiger partial charge in [0.25, 0.3) is 11.5 Å². The zero-order valence-electron chi connectivity index (χ0n) is 25.3. The monoisotopic (exact) mass is 606 g/mol. The number of hydrogen-bond acceptors (Lipinski definition) is 8. The van der Waals surface area contributed by atoms with Crippen LogP contribution in [0.15, 0.2) is 78.1 Å². The Labute approximate surface area is 260 Å². The van der Waals surface area contributed by atoms with E-state index in [9.17, 15) is 9.59 Å². The first-order valence-electron chi connectivity index (χ1n) is 15.0. The van der Waals surface area contributed by atoms with Crippen molar-refractivity contribution in [2.75, 3.05) is 46.6 Å². The Morgan fingerprint density at radius 2 is 1.84 bits per heavy atom. The third-order valence-electron chi connectivity index (χ3n) is 8.33. The van der Waals surface area contributed by atoms with Crippen molar-refractivity contribution in [3.05, 3.63) is 100 Å². The molecular formula is C34H34N6O5. The van der Waals surface area contributed by atoms with Crippen molar-refractivity contribution < 1.29 is 19.0 Å². The lowest BCUT2D eigenvalue weighted by molar-refractivity contribution is 0.0341. The van der Waals surface area contributed by atoms with Gasteiger partial charge in [0.1, 0.15) is 12.4 Å². The predicted molar refractivity (Wildman–Crippen MR) is 169 cm³/mol. The van der Waals surface area contributed by atoms with E-state index in [4.69, 9.17) is 19.2 Å². The molecule has 4 heterocycles. The predicted octanol–water partition coefficient (Wildman–Crippen LogP) is 3.66. The number of aryl methyl sites for hydroxylation is 1.